The first-order chi connectivity index (χ1) is 15.5. The molecule has 3 aliphatic heterocycles. The van der Waals surface area contributed by atoms with Crippen molar-refractivity contribution >= 4 is 12.0 Å². The van der Waals surface area contributed by atoms with Crippen molar-refractivity contribution in [3.63, 3.8) is 0 Å². The predicted molar refractivity (Wildman–Crippen MR) is 114 cm³/mol. The number of carbonyl (C=O) groups excluding carboxylic acids is 1. The first-order valence-electron chi connectivity index (χ1n) is 11.1. The lowest BCUT2D eigenvalue weighted by Gasteiger charge is -2.39. The van der Waals surface area contributed by atoms with Crippen molar-refractivity contribution in [3.8, 4) is 5.75 Å². The summed E-state index contributed by atoms with van der Waals surface area (Å²) in [4.78, 5) is 14.6. The van der Waals surface area contributed by atoms with Crippen LogP contribution >= 0.6 is 0 Å². The number of hydrogen-bond donors (Lipinski definition) is 4. The van der Waals surface area contributed by atoms with Crippen LogP contribution in [0.4, 0.5) is 0 Å². The van der Waals surface area contributed by atoms with Crippen LogP contribution in [0.15, 0.2) is 30.3 Å². The molecule has 3 aliphatic rings. The Morgan fingerprint density at radius 1 is 1.09 bits per heavy atom. The van der Waals surface area contributed by atoms with Crippen LogP contribution in [-0.4, -0.2) is 94.3 Å². The third kappa shape index (κ3) is 5.14. The van der Waals surface area contributed by atoms with E-state index in [9.17, 15) is 25.2 Å². The number of benzene rings is 1. The van der Waals surface area contributed by atoms with E-state index >= 15 is 0 Å². The Hall–Kier alpha value is -2.01. The molecule has 0 aliphatic carbocycles. The van der Waals surface area contributed by atoms with Crippen molar-refractivity contribution in [2.24, 2.45) is 5.92 Å². The van der Waals surface area contributed by atoms with Crippen LogP contribution in [0.5, 0.6) is 5.75 Å². The first kappa shape index (κ1) is 23.2. The molecular formula is C23H31NO8. The molecule has 0 bridgehead atoms. The van der Waals surface area contributed by atoms with Gasteiger partial charge in [0.25, 0.3) is 0 Å². The normalized spacial score (nSPS) is 35.2. The van der Waals surface area contributed by atoms with Crippen molar-refractivity contribution in [1.82, 2.24) is 4.90 Å². The number of aliphatic hydroxyl groups is 4. The average Bonchev–Trinajstić information content (AvgIpc) is 3.42. The van der Waals surface area contributed by atoms with Crippen LogP contribution in [0, 0.1) is 5.92 Å². The summed E-state index contributed by atoms with van der Waals surface area (Å²) in [5.74, 6) is 0.410. The molecule has 1 aromatic rings. The minimum atomic E-state index is -1.50. The topological polar surface area (TPSA) is 129 Å². The minimum Gasteiger partial charge on any atom is -0.462 e. The zero-order chi connectivity index (χ0) is 22.7. The molecule has 176 valence electrons. The molecule has 7 unspecified atom stereocenters. The third-order valence-electron chi connectivity index (χ3n) is 6.58. The van der Waals surface area contributed by atoms with Crippen LogP contribution in [0.2, 0.25) is 0 Å². The van der Waals surface area contributed by atoms with Crippen molar-refractivity contribution in [2.45, 2.75) is 56.0 Å². The minimum absolute atomic E-state index is 0.358. The number of carbonyl (C=O) groups is 1. The van der Waals surface area contributed by atoms with E-state index in [2.05, 4.69) is 4.90 Å². The predicted octanol–water partition coefficient (Wildman–Crippen LogP) is -0.0940. The number of ether oxygens (including phenoxy) is 3. The number of rotatable bonds is 7. The standard InChI is InChI=1S/C23H31NO8/c25-12-18-20(27)21(28)22(29)23(32-18)31-16-6-3-14(4-7-16)5-8-19(26)30-13-15-9-11-24-10-1-2-17(15)24/h3-8,15,17-18,20-23,25,27-29H,1-2,9-13H2/b8-5+. The Morgan fingerprint density at radius 2 is 1.88 bits per heavy atom. The van der Waals surface area contributed by atoms with E-state index in [0.717, 1.165) is 25.1 Å². The molecule has 9 heteroatoms. The van der Waals surface area contributed by atoms with Crippen molar-refractivity contribution < 1.29 is 39.4 Å². The Labute approximate surface area is 186 Å². The molecule has 3 fully saturated rings. The zero-order valence-corrected chi connectivity index (χ0v) is 17.8. The summed E-state index contributed by atoms with van der Waals surface area (Å²) in [6.45, 7) is 2.19. The lowest BCUT2D eigenvalue weighted by atomic mass is 9.99. The largest absolute Gasteiger partial charge is 0.462 e. The summed E-state index contributed by atoms with van der Waals surface area (Å²) >= 11 is 0. The van der Waals surface area contributed by atoms with Gasteiger partial charge in [0, 0.05) is 18.0 Å². The fourth-order valence-electron chi connectivity index (χ4n) is 4.74. The molecule has 0 aromatic heterocycles. The molecule has 0 saturated carbocycles. The van der Waals surface area contributed by atoms with Gasteiger partial charge in [-0.15, -0.1) is 0 Å². The molecule has 7 atom stereocenters. The third-order valence-corrected chi connectivity index (χ3v) is 6.58. The van der Waals surface area contributed by atoms with E-state index in [4.69, 9.17) is 14.2 Å². The lowest BCUT2D eigenvalue weighted by molar-refractivity contribution is -0.277. The van der Waals surface area contributed by atoms with E-state index in [1.54, 1.807) is 30.3 Å². The molecule has 3 heterocycles. The van der Waals surface area contributed by atoms with Gasteiger partial charge in [0.1, 0.15) is 30.2 Å². The molecule has 0 amide bonds. The van der Waals surface area contributed by atoms with Crippen LogP contribution in [0.25, 0.3) is 6.08 Å². The maximum Gasteiger partial charge on any atom is 0.330 e. The van der Waals surface area contributed by atoms with Crippen LogP contribution in [-0.2, 0) is 14.3 Å². The highest BCUT2D eigenvalue weighted by molar-refractivity contribution is 5.87. The second-order valence-electron chi connectivity index (χ2n) is 8.64. The maximum absolute atomic E-state index is 12.1. The molecular weight excluding hydrogens is 418 g/mol. The van der Waals surface area contributed by atoms with E-state index in [-0.39, 0.29) is 5.97 Å². The second kappa shape index (κ2) is 10.3. The average molecular weight is 450 g/mol. The summed E-state index contributed by atoms with van der Waals surface area (Å²) in [6.07, 6.45) is -0.143. The maximum atomic E-state index is 12.1. The molecule has 4 N–H and O–H groups in total. The fraction of sp³-hybridized carbons (Fsp3) is 0.609. The fourth-order valence-corrected chi connectivity index (χ4v) is 4.74. The van der Waals surface area contributed by atoms with Gasteiger partial charge in [0.15, 0.2) is 0 Å². The number of aliphatic hydroxyl groups excluding tert-OH is 4. The first-order valence-corrected chi connectivity index (χ1v) is 11.1. The molecule has 0 radical (unpaired) electrons. The Bertz CT molecular complexity index is 798. The van der Waals surface area contributed by atoms with Gasteiger partial charge in [-0.1, -0.05) is 12.1 Å². The highest BCUT2D eigenvalue weighted by Crippen LogP contribution is 2.32. The van der Waals surface area contributed by atoms with Crippen LogP contribution < -0.4 is 4.74 Å². The molecule has 3 saturated heterocycles. The van der Waals surface area contributed by atoms with Crippen molar-refractivity contribution in [1.29, 1.82) is 0 Å². The number of nitrogens with zero attached hydrogens (tertiary/aromatic N) is 1. The summed E-state index contributed by atoms with van der Waals surface area (Å²) in [6, 6.07) is 7.25. The summed E-state index contributed by atoms with van der Waals surface area (Å²) in [5, 5.41) is 39.0. The van der Waals surface area contributed by atoms with Gasteiger partial charge in [-0.05, 0) is 56.1 Å². The smallest absolute Gasteiger partial charge is 0.330 e. The van der Waals surface area contributed by atoms with Gasteiger partial charge in [-0.3, -0.25) is 4.90 Å². The summed E-state index contributed by atoms with van der Waals surface area (Å²) < 4.78 is 16.3. The monoisotopic (exact) mass is 449 g/mol. The van der Waals surface area contributed by atoms with E-state index in [1.165, 1.54) is 18.9 Å². The molecule has 4 rings (SSSR count). The Balaban J connectivity index is 1.26. The molecule has 9 nitrogen and oxygen atoms in total. The molecule has 0 spiro atoms. The van der Waals surface area contributed by atoms with Gasteiger partial charge in [-0.2, -0.15) is 0 Å². The molecule has 32 heavy (non-hydrogen) atoms. The number of esters is 1. The van der Waals surface area contributed by atoms with Gasteiger partial charge < -0.3 is 34.6 Å². The van der Waals surface area contributed by atoms with Gasteiger partial charge in [-0.25, -0.2) is 4.79 Å². The van der Waals surface area contributed by atoms with Crippen LogP contribution in [0.1, 0.15) is 24.8 Å². The van der Waals surface area contributed by atoms with Crippen molar-refractivity contribution in [2.75, 3.05) is 26.3 Å². The van der Waals surface area contributed by atoms with E-state index in [0.29, 0.717) is 24.3 Å². The summed E-state index contributed by atoms with van der Waals surface area (Å²) in [5.41, 5.74) is 0.755. The number of fused-ring (bicyclic) bond motifs is 1. The highest BCUT2D eigenvalue weighted by Gasteiger charge is 2.44. The van der Waals surface area contributed by atoms with E-state index < -0.39 is 37.3 Å². The quantitative estimate of drug-likeness (QED) is 0.333. The van der Waals surface area contributed by atoms with Gasteiger partial charge in [0.2, 0.25) is 6.29 Å². The van der Waals surface area contributed by atoms with Gasteiger partial charge in [0.05, 0.1) is 13.2 Å². The number of hydrogen-bond acceptors (Lipinski definition) is 9. The van der Waals surface area contributed by atoms with Gasteiger partial charge >= 0.3 is 5.97 Å². The Kier molecular flexibility index (Phi) is 7.44. The Morgan fingerprint density at radius 3 is 2.62 bits per heavy atom. The van der Waals surface area contributed by atoms with E-state index in [1.807, 2.05) is 0 Å². The lowest BCUT2D eigenvalue weighted by Crippen LogP contribution is -2.60. The molecule has 1 aromatic carbocycles. The summed E-state index contributed by atoms with van der Waals surface area (Å²) in [7, 11) is 0. The van der Waals surface area contributed by atoms with Crippen LogP contribution in [0.3, 0.4) is 0 Å². The zero-order valence-electron chi connectivity index (χ0n) is 17.8. The second-order valence-corrected chi connectivity index (χ2v) is 8.64. The SMILES string of the molecule is O=C(/C=C/c1ccc(OC2OC(CO)C(O)C(O)C2O)cc1)OCC1CCN2CCCC12. The van der Waals surface area contributed by atoms with Crippen molar-refractivity contribution in [3.05, 3.63) is 35.9 Å². The highest BCUT2D eigenvalue weighted by atomic mass is 16.7.